The first kappa shape index (κ1) is 23.2. The second kappa shape index (κ2) is 9.59. The fourth-order valence-corrected chi connectivity index (χ4v) is 4.69. The molecule has 0 N–H and O–H groups in total. The number of ether oxygens (including phenoxy) is 1. The second-order valence-electron chi connectivity index (χ2n) is 8.40. The van der Waals surface area contributed by atoms with E-state index < -0.39 is 12.0 Å². The number of ketones is 1. The number of nitrogens with zero attached hydrogens (tertiary/aromatic N) is 2. The van der Waals surface area contributed by atoms with Crippen LogP contribution in [0.5, 0.6) is 0 Å². The summed E-state index contributed by atoms with van der Waals surface area (Å²) in [6.07, 6.45) is 5.24. The Bertz CT molecular complexity index is 772. The predicted molar refractivity (Wildman–Crippen MR) is 113 cm³/mol. The van der Waals surface area contributed by atoms with Crippen molar-refractivity contribution in [3.05, 3.63) is 22.5 Å². The van der Waals surface area contributed by atoms with Gasteiger partial charge in [-0.05, 0) is 46.1 Å². The van der Waals surface area contributed by atoms with E-state index in [4.69, 9.17) is 4.74 Å². The van der Waals surface area contributed by atoms with E-state index in [2.05, 4.69) is 0 Å². The first-order valence-corrected chi connectivity index (χ1v) is 10.8. The Kier molecular flexibility index (Phi) is 7.66. The summed E-state index contributed by atoms with van der Waals surface area (Å²) < 4.78 is 6.77. The van der Waals surface area contributed by atoms with Gasteiger partial charge >= 0.3 is 5.97 Å². The van der Waals surface area contributed by atoms with Gasteiger partial charge in [0, 0.05) is 29.8 Å². The van der Waals surface area contributed by atoms with Gasteiger partial charge in [0.15, 0.2) is 5.78 Å². The predicted octanol–water partition coefficient (Wildman–Crippen LogP) is 4.30. The van der Waals surface area contributed by atoms with Crippen LogP contribution in [0, 0.1) is 19.8 Å². The number of Topliss-reactive ketones (excluding diaryl/α,β-unsaturated/α-hetero) is 1. The number of carbonyl (C=O) groups is 3. The van der Waals surface area contributed by atoms with Crippen LogP contribution in [-0.4, -0.2) is 46.3 Å². The number of carbonyl (C=O) groups excluding carboxylic acids is 3. The van der Waals surface area contributed by atoms with E-state index in [1.54, 1.807) is 6.92 Å². The van der Waals surface area contributed by atoms with Crippen LogP contribution in [0.15, 0.2) is 0 Å². The zero-order valence-corrected chi connectivity index (χ0v) is 19.0. The minimum absolute atomic E-state index is 0.0242. The maximum absolute atomic E-state index is 13.6. The van der Waals surface area contributed by atoms with E-state index in [0.29, 0.717) is 23.4 Å². The molecule has 1 fully saturated rings. The molecule has 6 nitrogen and oxygen atoms in total. The van der Waals surface area contributed by atoms with Gasteiger partial charge in [-0.1, -0.05) is 33.1 Å². The summed E-state index contributed by atoms with van der Waals surface area (Å²) in [4.78, 5) is 40.9. The zero-order chi connectivity index (χ0) is 21.9. The Hall–Kier alpha value is -2.11. The van der Waals surface area contributed by atoms with Gasteiger partial charge in [0.25, 0.3) is 0 Å². The van der Waals surface area contributed by atoms with Crippen LogP contribution in [0.2, 0.25) is 0 Å². The Morgan fingerprint density at radius 3 is 2.17 bits per heavy atom. The number of methoxy groups -OCH3 is 1. The minimum Gasteiger partial charge on any atom is -0.464 e. The van der Waals surface area contributed by atoms with Crippen molar-refractivity contribution < 1.29 is 19.1 Å². The highest BCUT2D eigenvalue weighted by atomic mass is 16.5. The van der Waals surface area contributed by atoms with Crippen molar-refractivity contribution in [2.45, 2.75) is 92.3 Å². The van der Waals surface area contributed by atoms with Crippen LogP contribution in [0.1, 0.15) is 91.9 Å². The van der Waals surface area contributed by atoms with Crippen molar-refractivity contribution in [3.8, 4) is 0 Å². The molecule has 162 valence electrons. The van der Waals surface area contributed by atoms with Crippen LogP contribution < -0.4 is 0 Å². The molecule has 1 saturated carbocycles. The Balaban J connectivity index is 2.49. The number of hydrogen-bond donors (Lipinski definition) is 0. The van der Waals surface area contributed by atoms with Crippen molar-refractivity contribution >= 4 is 17.7 Å². The molecule has 1 amide bonds. The van der Waals surface area contributed by atoms with Gasteiger partial charge in [0.1, 0.15) is 5.69 Å². The molecule has 0 bridgehead atoms. The number of rotatable bonds is 7. The fourth-order valence-electron chi connectivity index (χ4n) is 4.69. The third-order valence-electron chi connectivity index (χ3n) is 6.22. The van der Waals surface area contributed by atoms with Gasteiger partial charge in [-0.3, -0.25) is 9.59 Å². The highest BCUT2D eigenvalue weighted by Gasteiger charge is 2.37. The lowest BCUT2D eigenvalue weighted by Crippen LogP contribution is -2.51. The van der Waals surface area contributed by atoms with Crippen molar-refractivity contribution in [1.82, 2.24) is 9.47 Å². The molecule has 1 heterocycles. The Morgan fingerprint density at radius 1 is 1.10 bits per heavy atom. The first-order chi connectivity index (χ1) is 13.7. The average Bonchev–Trinajstić information content (AvgIpc) is 2.96. The van der Waals surface area contributed by atoms with Crippen LogP contribution in [-0.2, 0) is 16.1 Å². The van der Waals surface area contributed by atoms with E-state index in [-0.39, 0.29) is 23.7 Å². The summed E-state index contributed by atoms with van der Waals surface area (Å²) in [7, 11) is 1.35. The Labute approximate surface area is 174 Å². The zero-order valence-electron chi connectivity index (χ0n) is 19.0. The van der Waals surface area contributed by atoms with Crippen LogP contribution >= 0.6 is 0 Å². The van der Waals surface area contributed by atoms with E-state index in [1.165, 1.54) is 13.5 Å². The summed E-state index contributed by atoms with van der Waals surface area (Å²) >= 11 is 0. The van der Waals surface area contributed by atoms with Crippen molar-refractivity contribution in [2.75, 3.05) is 7.11 Å². The SMILES string of the molecule is CCn1c(C)c(C(=O)C(C)N(C(=O)C(C)C)C2CCCCC2)c(C)c1C(=O)OC. The molecular formula is C23H36N2O4. The molecule has 6 heteroatoms. The van der Waals surface area contributed by atoms with Gasteiger partial charge in [-0.2, -0.15) is 0 Å². The monoisotopic (exact) mass is 404 g/mol. The topological polar surface area (TPSA) is 68.6 Å². The lowest BCUT2D eigenvalue weighted by Gasteiger charge is -2.39. The second-order valence-corrected chi connectivity index (χ2v) is 8.40. The lowest BCUT2D eigenvalue weighted by molar-refractivity contribution is -0.139. The van der Waals surface area contributed by atoms with E-state index >= 15 is 0 Å². The molecular weight excluding hydrogens is 368 g/mol. The van der Waals surface area contributed by atoms with Gasteiger partial charge in [0.05, 0.1) is 13.2 Å². The largest absolute Gasteiger partial charge is 0.464 e. The Morgan fingerprint density at radius 2 is 1.69 bits per heavy atom. The van der Waals surface area contributed by atoms with Gasteiger partial charge in [-0.15, -0.1) is 0 Å². The molecule has 1 aromatic heterocycles. The number of esters is 1. The molecule has 1 atom stereocenters. The molecule has 1 aliphatic rings. The first-order valence-electron chi connectivity index (χ1n) is 10.8. The summed E-state index contributed by atoms with van der Waals surface area (Å²) in [6, 6.07) is -0.463. The minimum atomic E-state index is -0.566. The summed E-state index contributed by atoms with van der Waals surface area (Å²) in [5.41, 5.74) is 2.34. The van der Waals surface area contributed by atoms with Crippen LogP contribution in [0.3, 0.4) is 0 Å². The molecule has 2 rings (SSSR count). The fraction of sp³-hybridized carbons (Fsp3) is 0.696. The van der Waals surface area contributed by atoms with Crippen LogP contribution in [0.25, 0.3) is 0 Å². The highest BCUT2D eigenvalue weighted by molar-refractivity contribution is 6.06. The summed E-state index contributed by atoms with van der Waals surface area (Å²) in [6.45, 7) is 11.8. The normalized spacial score (nSPS) is 16.0. The number of aromatic nitrogens is 1. The smallest absolute Gasteiger partial charge is 0.354 e. The molecule has 0 spiro atoms. The maximum atomic E-state index is 13.6. The summed E-state index contributed by atoms with van der Waals surface area (Å²) in [5, 5.41) is 0. The third-order valence-corrected chi connectivity index (χ3v) is 6.22. The molecule has 0 saturated heterocycles. The van der Waals surface area contributed by atoms with Crippen molar-refractivity contribution in [2.24, 2.45) is 5.92 Å². The average molecular weight is 405 g/mol. The molecule has 29 heavy (non-hydrogen) atoms. The molecule has 0 aromatic carbocycles. The van der Waals surface area contributed by atoms with E-state index in [9.17, 15) is 14.4 Å². The lowest BCUT2D eigenvalue weighted by atomic mass is 9.90. The standard InChI is InChI=1S/C23H36N2O4/c1-8-24-16(5)19(15(4)20(24)23(28)29-7)21(26)17(6)25(22(27)14(2)3)18-12-10-9-11-13-18/h14,17-18H,8-13H2,1-7H3. The van der Waals surface area contributed by atoms with Gasteiger partial charge < -0.3 is 14.2 Å². The number of hydrogen-bond acceptors (Lipinski definition) is 4. The molecule has 1 unspecified atom stereocenters. The quantitative estimate of drug-likeness (QED) is 0.502. The van der Waals surface area contributed by atoms with Crippen molar-refractivity contribution in [1.29, 1.82) is 0 Å². The third kappa shape index (κ3) is 4.41. The number of amides is 1. The van der Waals surface area contributed by atoms with Crippen molar-refractivity contribution in [3.63, 3.8) is 0 Å². The van der Waals surface area contributed by atoms with Gasteiger partial charge in [-0.25, -0.2) is 4.79 Å². The molecule has 1 aromatic rings. The highest BCUT2D eigenvalue weighted by Crippen LogP contribution is 2.30. The molecule has 1 aliphatic carbocycles. The molecule has 0 aliphatic heterocycles. The van der Waals surface area contributed by atoms with E-state index in [1.807, 2.05) is 44.1 Å². The molecule has 0 radical (unpaired) electrons. The van der Waals surface area contributed by atoms with Gasteiger partial charge in [0.2, 0.25) is 5.91 Å². The van der Waals surface area contributed by atoms with Crippen LogP contribution in [0.4, 0.5) is 0 Å². The maximum Gasteiger partial charge on any atom is 0.354 e. The van der Waals surface area contributed by atoms with E-state index in [0.717, 1.165) is 31.4 Å². The summed E-state index contributed by atoms with van der Waals surface area (Å²) in [5.74, 6) is -0.685.